The van der Waals surface area contributed by atoms with Gasteiger partial charge in [0, 0.05) is 36.6 Å². The van der Waals surface area contributed by atoms with Gasteiger partial charge in [-0.3, -0.25) is 4.79 Å². The molecule has 1 saturated carbocycles. The number of aromatic nitrogens is 1. The molecular weight excluding hydrogens is 448 g/mol. The van der Waals surface area contributed by atoms with Gasteiger partial charge in [-0.25, -0.2) is 0 Å². The van der Waals surface area contributed by atoms with Crippen molar-refractivity contribution in [1.82, 2.24) is 9.88 Å². The van der Waals surface area contributed by atoms with Gasteiger partial charge in [0.2, 0.25) is 17.5 Å². The summed E-state index contributed by atoms with van der Waals surface area (Å²) in [6.07, 6.45) is 2.44. The van der Waals surface area contributed by atoms with Gasteiger partial charge in [0.1, 0.15) is 6.07 Å². The number of halogens is 1. The Morgan fingerprint density at radius 3 is 2.73 bits per heavy atom. The molecule has 8 heteroatoms. The van der Waals surface area contributed by atoms with E-state index in [4.69, 9.17) is 8.83 Å². The van der Waals surface area contributed by atoms with Crippen molar-refractivity contribution in [2.45, 2.75) is 12.3 Å². The highest BCUT2D eigenvalue weighted by Gasteiger charge is 2.46. The van der Waals surface area contributed by atoms with E-state index in [-0.39, 0.29) is 17.5 Å². The van der Waals surface area contributed by atoms with Crippen LogP contribution in [-0.4, -0.2) is 42.0 Å². The van der Waals surface area contributed by atoms with Crippen LogP contribution in [0, 0.1) is 17.2 Å². The Morgan fingerprint density at radius 1 is 1.20 bits per heavy atom. The van der Waals surface area contributed by atoms with Crippen LogP contribution in [0.25, 0.3) is 11.7 Å². The lowest BCUT2D eigenvalue weighted by Gasteiger charge is -2.34. The predicted molar refractivity (Wildman–Crippen MR) is 113 cm³/mol. The lowest BCUT2D eigenvalue weighted by molar-refractivity contribution is -0.133. The van der Waals surface area contributed by atoms with Crippen LogP contribution in [0.2, 0.25) is 0 Å². The maximum absolute atomic E-state index is 13.0. The van der Waals surface area contributed by atoms with Gasteiger partial charge >= 0.3 is 0 Å². The van der Waals surface area contributed by atoms with E-state index in [0.717, 1.165) is 10.9 Å². The van der Waals surface area contributed by atoms with Crippen molar-refractivity contribution in [2.75, 3.05) is 31.1 Å². The molecule has 5 rings (SSSR count). The number of furan rings is 1. The lowest BCUT2D eigenvalue weighted by atomic mass is 10.1. The molecule has 3 aromatic rings. The Labute approximate surface area is 182 Å². The standard InChI is InChI=1S/C22H19BrN4O3/c23-15-4-1-3-14(11-15)16-12-17(16)21(28)26-6-8-27(9-7-26)22-18(13-24)25-20(30-22)19-5-2-10-29-19/h1-5,10-11,16-17H,6-9,12H2. The van der Waals surface area contributed by atoms with Crippen molar-refractivity contribution in [2.24, 2.45) is 5.92 Å². The molecule has 2 aliphatic rings. The number of carbonyl (C=O) groups is 1. The van der Waals surface area contributed by atoms with Crippen LogP contribution in [0.5, 0.6) is 0 Å². The second kappa shape index (κ2) is 7.65. The van der Waals surface area contributed by atoms with E-state index in [1.807, 2.05) is 21.9 Å². The molecule has 2 unspecified atom stereocenters. The number of hydrogen-bond acceptors (Lipinski definition) is 6. The average Bonchev–Trinajstić information content (AvgIpc) is 3.17. The van der Waals surface area contributed by atoms with E-state index in [0.29, 0.717) is 49.6 Å². The van der Waals surface area contributed by atoms with Gasteiger partial charge in [0.25, 0.3) is 5.89 Å². The second-order valence-corrected chi connectivity index (χ2v) is 8.49. The predicted octanol–water partition coefficient (Wildman–Crippen LogP) is 4.02. The molecule has 2 fully saturated rings. The minimum atomic E-state index is 0.0661. The lowest BCUT2D eigenvalue weighted by Crippen LogP contribution is -2.49. The SMILES string of the molecule is N#Cc1nc(-c2ccco2)oc1N1CCN(C(=O)C2CC2c2cccc(Br)c2)CC1. The fraction of sp³-hybridized carbons (Fsp3) is 0.318. The zero-order valence-corrected chi connectivity index (χ0v) is 17.7. The minimum Gasteiger partial charge on any atom is -0.459 e. The number of carbonyl (C=O) groups excluding carboxylic acids is 1. The number of rotatable bonds is 4. The summed E-state index contributed by atoms with van der Waals surface area (Å²) in [4.78, 5) is 21.1. The first-order valence-electron chi connectivity index (χ1n) is 9.88. The first-order valence-corrected chi connectivity index (χ1v) is 10.7. The van der Waals surface area contributed by atoms with Crippen LogP contribution in [0.3, 0.4) is 0 Å². The Hall–Kier alpha value is -3.05. The van der Waals surface area contributed by atoms with Crippen molar-refractivity contribution in [1.29, 1.82) is 5.26 Å². The van der Waals surface area contributed by atoms with Gasteiger partial charge in [-0.15, -0.1) is 0 Å². The van der Waals surface area contributed by atoms with Crippen LogP contribution in [-0.2, 0) is 4.79 Å². The van der Waals surface area contributed by atoms with E-state index in [9.17, 15) is 10.1 Å². The van der Waals surface area contributed by atoms with Gasteiger partial charge in [0.15, 0.2) is 5.76 Å². The highest BCUT2D eigenvalue weighted by molar-refractivity contribution is 9.10. The molecular formula is C22H19BrN4O3. The van der Waals surface area contributed by atoms with Crippen molar-refractivity contribution < 1.29 is 13.6 Å². The number of nitriles is 1. The minimum absolute atomic E-state index is 0.0661. The third-order valence-corrected chi connectivity index (χ3v) is 6.20. The summed E-state index contributed by atoms with van der Waals surface area (Å²) in [5.74, 6) is 1.81. The summed E-state index contributed by atoms with van der Waals surface area (Å²) in [5, 5.41) is 9.44. The molecule has 1 aromatic carbocycles. The zero-order chi connectivity index (χ0) is 20.7. The van der Waals surface area contributed by atoms with Crippen molar-refractivity contribution in [3.63, 3.8) is 0 Å². The monoisotopic (exact) mass is 466 g/mol. The Kier molecular flexibility index (Phi) is 4.83. The number of anilines is 1. The van der Waals surface area contributed by atoms with Crippen LogP contribution in [0.15, 0.2) is 56.0 Å². The fourth-order valence-electron chi connectivity index (χ4n) is 4.04. The number of hydrogen-bond donors (Lipinski definition) is 0. The summed E-state index contributed by atoms with van der Waals surface area (Å²) in [6, 6.07) is 13.8. The van der Waals surface area contributed by atoms with Gasteiger partial charge in [0.05, 0.1) is 6.26 Å². The number of nitrogens with zero attached hydrogens (tertiary/aromatic N) is 4. The molecule has 1 amide bonds. The van der Waals surface area contributed by atoms with Crippen molar-refractivity contribution in [3.8, 4) is 17.7 Å². The first-order chi connectivity index (χ1) is 14.6. The van der Waals surface area contributed by atoms with E-state index < -0.39 is 0 Å². The van der Waals surface area contributed by atoms with Gasteiger partial charge in [-0.05, 0) is 42.2 Å². The molecule has 0 bridgehead atoms. The molecule has 0 N–H and O–H groups in total. The number of benzene rings is 1. The van der Waals surface area contributed by atoms with E-state index in [1.165, 1.54) is 11.8 Å². The summed E-state index contributed by atoms with van der Waals surface area (Å²) < 4.78 is 12.2. The van der Waals surface area contributed by atoms with Crippen LogP contribution in [0.1, 0.15) is 23.6 Å². The van der Waals surface area contributed by atoms with Gasteiger partial charge in [-0.1, -0.05) is 28.1 Å². The average molecular weight is 467 g/mol. The molecule has 2 aromatic heterocycles. The maximum atomic E-state index is 13.0. The highest BCUT2D eigenvalue weighted by Crippen LogP contribution is 2.49. The van der Waals surface area contributed by atoms with Crippen LogP contribution < -0.4 is 4.90 Å². The van der Waals surface area contributed by atoms with Crippen molar-refractivity contribution in [3.05, 3.63) is 58.4 Å². The van der Waals surface area contributed by atoms with E-state index >= 15 is 0 Å². The third-order valence-electron chi connectivity index (χ3n) is 5.71. The smallest absolute Gasteiger partial charge is 0.266 e. The molecule has 0 spiro atoms. The molecule has 1 saturated heterocycles. The molecule has 0 radical (unpaired) electrons. The molecule has 1 aliphatic carbocycles. The summed E-state index contributed by atoms with van der Waals surface area (Å²) >= 11 is 3.50. The highest BCUT2D eigenvalue weighted by atomic mass is 79.9. The number of piperazine rings is 1. The molecule has 2 atom stereocenters. The summed E-state index contributed by atoms with van der Waals surface area (Å²) in [6.45, 7) is 2.40. The number of oxazole rings is 1. The third kappa shape index (κ3) is 3.50. The maximum Gasteiger partial charge on any atom is 0.266 e. The van der Waals surface area contributed by atoms with E-state index in [1.54, 1.807) is 12.1 Å². The molecule has 30 heavy (non-hydrogen) atoms. The second-order valence-electron chi connectivity index (χ2n) is 7.58. The fourth-order valence-corrected chi connectivity index (χ4v) is 4.46. The summed E-state index contributed by atoms with van der Waals surface area (Å²) in [7, 11) is 0. The van der Waals surface area contributed by atoms with Crippen LogP contribution >= 0.6 is 15.9 Å². The largest absolute Gasteiger partial charge is 0.459 e. The van der Waals surface area contributed by atoms with Gasteiger partial charge < -0.3 is 18.6 Å². The quantitative estimate of drug-likeness (QED) is 0.576. The van der Waals surface area contributed by atoms with E-state index in [2.05, 4.69) is 39.1 Å². The zero-order valence-electron chi connectivity index (χ0n) is 16.1. The summed E-state index contributed by atoms with van der Waals surface area (Å²) in [5.41, 5.74) is 1.45. The molecule has 1 aliphatic heterocycles. The Balaban J connectivity index is 1.23. The van der Waals surface area contributed by atoms with Crippen molar-refractivity contribution >= 4 is 27.7 Å². The Bertz CT molecular complexity index is 1110. The molecule has 7 nitrogen and oxygen atoms in total. The molecule has 3 heterocycles. The van der Waals surface area contributed by atoms with Gasteiger partial charge in [-0.2, -0.15) is 10.2 Å². The van der Waals surface area contributed by atoms with Crippen LogP contribution in [0.4, 0.5) is 5.88 Å². The molecule has 152 valence electrons. The normalized spacial score (nSPS) is 20.8. The number of amides is 1. The first kappa shape index (κ1) is 18.9. The Morgan fingerprint density at radius 2 is 2.03 bits per heavy atom. The topological polar surface area (TPSA) is 86.5 Å².